The molecule has 0 aliphatic rings. The third kappa shape index (κ3) is 4.21. The van der Waals surface area contributed by atoms with Crippen molar-refractivity contribution < 1.29 is 9.90 Å². The molecule has 1 N–H and O–H groups in total. The fourth-order valence-electron chi connectivity index (χ4n) is 0.360. The number of carboxylic acid groups (broad SMARTS) is 1. The zero-order chi connectivity index (χ0) is 9.72. The minimum Gasteiger partial charge on any atom is -0.478 e. The van der Waals surface area contributed by atoms with Crippen molar-refractivity contribution in [2.24, 2.45) is 0 Å². The Balaban J connectivity index is 4.48. The van der Waals surface area contributed by atoms with Crippen molar-refractivity contribution in [2.45, 2.75) is 6.92 Å². The number of aliphatic carboxylic acids is 1. The van der Waals surface area contributed by atoms with E-state index in [0.717, 1.165) is 0 Å². The lowest BCUT2D eigenvalue weighted by Gasteiger charge is -1.91. The SMILES string of the molecule is C=C(Cl)C(Cl)=CC=C(C)C(=O)O. The Bertz CT molecular complexity index is 236. The van der Waals surface area contributed by atoms with Crippen LogP contribution in [0.1, 0.15) is 6.92 Å². The van der Waals surface area contributed by atoms with Crippen molar-refractivity contribution in [1.29, 1.82) is 0 Å². The van der Waals surface area contributed by atoms with Crippen LogP contribution in [0.5, 0.6) is 0 Å². The normalized spacial score (nSPS) is 12.9. The van der Waals surface area contributed by atoms with Crippen LogP contribution < -0.4 is 0 Å². The van der Waals surface area contributed by atoms with Gasteiger partial charge in [-0.3, -0.25) is 0 Å². The fourth-order valence-corrected chi connectivity index (χ4v) is 0.486. The molecule has 0 fully saturated rings. The molecule has 0 saturated heterocycles. The number of allylic oxidation sites excluding steroid dienone is 4. The van der Waals surface area contributed by atoms with Crippen molar-refractivity contribution in [3.63, 3.8) is 0 Å². The van der Waals surface area contributed by atoms with Gasteiger partial charge in [-0.25, -0.2) is 4.79 Å². The molecule has 0 amide bonds. The van der Waals surface area contributed by atoms with Crippen LogP contribution in [0.4, 0.5) is 0 Å². The monoisotopic (exact) mass is 206 g/mol. The Hall–Kier alpha value is -0.730. The standard InChI is InChI=1S/C8H8Cl2O2/c1-5(8(11)12)3-4-7(10)6(2)9/h3-4H,2H2,1H3,(H,11,12). The van der Waals surface area contributed by atoms with E-state index in [1.165, 1.54) is 19.1 Å². The van der Waals surface area contributed by atoms with Gasteiger partial charge >= 0.3 is 5.97 Å². The second-order valence-corrected chi connectivity index (χ2v) is 2.94. The maximum atomic E-state index is 10.3. The highest BCUT2D eigenvalue weighted by Gasteiger charge is 1.97. The quantitative estimate of drug-likeness (QED) is 0.570. The summed E-state index contributed by atoms with van der Waals surface area (Å²) in [5.41, 5.74) is 0.186. The maximum Gasteiger partial charge on any atom is 0.331 e. The molecule has 0 aromatic carbocycles. The van der Waals surface area contributed by atoms with Gasteiger partial charge in [-0.15, -0.1) is 0 Å². The Morgan fingerprint density at radius 1 is 1.42 bits per heavy atom. The van der Waals surface area contributed by atoms with Crippen LogP contribution in [0.15, 0.2) is 34.4 Å². The van der Waals surface area contributed by atoms with Crippen LogP contribution >= 0.6 is 23.2 Å². The summed E-state index contributed by atoms with van der Waals surface area (Å²) in [6.45, 7) is 4.82. The van der Waals surface area contributed by atoms with E-state index in [0.29, 0.717) is 0 Å². The van der Waals surface area contributed by atoms with E-state index in [1.807, 2.05) is 0 Å². The van der Waals surface area contributed by atoms with E-state index in [9.17, 15) is 4.79 Å². The largest absolute Gasteiger partial charge is 0.478 e. The number of hydrogen-bond acceptors (Lipinski definition) is 1. The van der Waals surface area contributed by atoms with Gasteiger partial charge in [0, 0.05) is 5.57 Å². The maximum absolute atomic E-state index is 10.3. The van der Waals surface area contributed by atoms with Crippen molar-refractivity contribution in [2.75, 3.05) is 0 Å². The van der Waals surface area contributed by atoms with Gasteiger partial charge in [-0.2, -0.15) is 0 Å². The second-order valence-electron chi connectivity index (χ2n) is 2.07. The number of carbonyl (C=O) groups is 1. The second kappa shape index (κ2) is 5.01. The van der Waals surface area contributed by atoms with E-state index in [1.54, 1.807) is 0 Å². The topological polar surface area (TPSA) is 37.3 Å². The molecule has 12 heavy (non-hydrogen) atoms. The first-order valence-electron chi connectivity index (χ1n) is 3.07. The minimum atomic E-state index is -0.990. The van der Waals surface area contributed by atoms with Crippen molar-refractivity contribution in [3.05, 3.63) is 34.4 Å². The average Bonchev–Trinajstić information content (AvgIpc) is 1.98. The molecule has 0 aromatic rings. The third-order valence-electron chi connectivity index (χ3n) is 1.08. The zero-order valence-corrected chi connectivity index (χ0v) is 7.99. The number of rotatable bonds is 3. The molecule has 0 aliphatic carbocycles. The first-order chi connectivity index (χ1) is 5.45. The van der Waals surface area contributed by atoms with E-state index in [4.69, 9.17) is 28.3 Å². The van der Waals surface area contributed by atoms with Gasteiger partial charge in [0.05, 0.1) is 10.1 Å². The summed E-state index contributed by atoms with van der Waals surface area (Å²) < 4.78 is 0. The molecule has 0 radical (unpaired) electrons. The first kappa shape index (κ1) is 11.3. The van der Waals surface area contributed by atoms with Crippen LogP contribution in [0.25, 0.3) is 0 Å². The molecule has 0 aromatic heterocycles. The number of carboxylic acids is 1. The summed E-state index contributed by atoms with van der Waals surface area (Å²) in [7, 11) is 0. The highest BCUT2D eigenvalue weighted by Crippen LogP contribution is 2.16. The first-order valence-corrected chi connectivity index (χ1v) is 3.83. The summed E-state index contributed by atoms with van der Waals surface area (Å²) in [6.07, 6.45) is 2.75. The summed E-state index contributed by atoms with van der Waals surface area (Å²) in [6, 6.07) is 0. The molecule has 0 heterocycles. The predicted molar refractivity (Wildman–Crippen MR) is 50.3 cm³/mol. The lowest BCUT2D eigenvalue weighted by molar-refractivity contribution is -0.132. The van der Waals surface area contributed by atoms with Crippen LogP contribution in [0.3, 0.4) is 0 Å². The Morgan fingerprint density at radius 2 is 1.92 bits per heavy atom. The summed E-state index contributed by atoms with van der Waals surface area (Å²) in [5, 5.41) is 8.86. The summed E-state index contributed by atoms with van der Waals surface area (Å²) in [5.74, 6) is -0.990. The molecule has 0 spiro atoms. The van der Waals surface area contributed by atoms with Gasteiger partial charge < -0.3 is 5.11 Å². The van der Waals surface area contributed by atoms with Crippen LogP contribution in [0, 0.1) is 0 Å². The van der Waals surface area contributed by atoms with Gasteiger partial charge in [-0.05, 0) is 13.0 Å². The Morgan fingerprint density at radius 3 is 2.25 bits per heavy atom. The minimum absolute atomic E-state index is 0.186. The Labute approximate surface area is 80.8 Å². The highest BCUT2D eigenvalue weighted by atomic mass is 35.5. The van der Waals surface area contributed by atoms with E-state index in [2.05, 4.69) is 6.58 Å². The van der Waals surface area contributed by atoms with Crippen LogP contribution in [0.2, 0.25) is 0 Å². The molecule has 0 saturated carbocycles. The average molecular weight is 207 g/mol. The lowest BCUT2D eigenvalue weighted by atomic mass is 10.3. The number of halogens is 2. The van der Waals surface area contributed by atoms with E-state index < -0.39 is 5.97 Å². The molecule has 66 valence electrons. The predicted octanol–water partition coefficient (Wildman–Crippen LogP) is 2.89. The van der Waals surface area contributed by atoms with Crippen molar-refractivity contribution in [1.82, 2.24) is 0 Å². The van der Waals surface area contributed by atoms with Crippen LogP contribution in [-0.4, -0.2) is 11.1 Å². The van der Waals surface area contributed by atoms with Crippen LogP contribution in [-0.2, 0) is 4.79 Å². The van der Waals surface area contributed by atoms with E-state index in [-0.39, 0.29) is 15.6 Å². The molecule has 0 bridgehead atoms. The van der Waals surface area contributed by atoms with Gasteiger partial charge in [0.15, 0.2) is 0 Å². The fraction of sp³-hybridized carbons (Fsp3) is 0.125. The molecule has 4 heteroatoms. The van der Waals surface area contributed by atoms with Gasteiger partial charge in [0.25, 0.3) is 0 Å². The van der Waals surface area contributed by atoms with Gasteiger partial charge in [0.1, 0.15) is 0 Å². The van der Waals surface area contributed by atoms with E-state index >= 15 is 0 Å². The van der Waals surface area contributed by atoms with Gasteiger partial charge in [0.2, 0.25) is 0 Å². The Kier molecular flexibility index (Phi) is 4.71. The summed E-state index contributed by atoms with van der Waals surface area (Å²) >= 11 is 11.0. The zero-order valence-electron chi connectivity index (χ0n) is 6.47. The molecule has 0 unspecified atom stereocenters. The molecule has 2 nitrogen and oxygen atoms in total. The molecular formula is C8H8Cl2O2. The smallest absolute Gasteiger partial charge is 0.331 e. The third-order valence-corrected chi connectivity index (χ3v) is 1.73. The molecular weight excluding hydrogens is 199 g/mol. The number of hydrogen-bond donors (Lipinski definition) is 1. The summed E-state index contributed by atoms with van der Waals surface area (Å²) in [4.78, 5) is 10.3. The molecule has 0 aliphatic heterocycles. The lowest BCUT2D eigenvalue weighted by Crippen LogP contribution is -1.94. The molecule has 0 atom stereocenters. The van der Waals surface area contributed by atoms with Crippen molar-refractivity contribution in [3.8, 4) is 0 Å². The van der Waals surface area contributed by atoms with Gasteiger partial charge in [-0.1, -0.05) is 35.9 Å². The molecule has 0 rings (SSSR count). The van der Waals surface area contributed by atoms with Crippen molar-refractivity contribution >= 4 is 29.2 Å². The highest BCUT2D eigenvalue weighted by molar-refractivity contribution is 6.43.